The van der Waals surface area contributed by atoms with Gasteiger partial charge in [0.05, 0.1) is 12.2 Å². The predicted molar refractivity (Wildman–Crippen MR) is 132 cm³/mol. The van der Waals surface area contributed by atoms with Gasteiger partial charge < -0.3 is 9.84 Å². The minimum Gasteiger partial charge on any atom is -0.462 e. The first kappa shape index (κ1) is 22.9. The van der Waals surface area contributed by atoms with Crippen molar-refractivity contribution in [3.8, 4) is 0 Å². The summed E-state index contributed by atoms with van der Waals surface area (Å²) in [5.41, 5.74) is 3.18. The molecule has 0 heterocycles. The van der Waals surface area contributed by atoms with Crippen molar-refractivity contribution in [1.29, 1.82) is 0 Å². The maximum absolute atomic E-state index is 12.6. The number of benzene rings is 1. The number of carbonyl (C=O) groups excluding carboxylic acids is 1. The number of ether oxygens (including phenoxy) is 1. The van der Waals surface area contributed by atoms with Gasteiger partial charge in [-0.05, 0) is 98.2 Å². The monoisotopic (exact) mass is 448 g/mol. The highest BCUT2D eigenvalue weighted by molar-refractivity contribution is 5.87. The lowest BCUT2D eigenvalue weighted by Crippen LogP contribution is -2.58. The van der Waals surface area contributed by atoms with Gasteiger partial charge in [-0.3, -0.25) is 0 Å². The van der Waals surface area contributed by atoms with E-state index < -0.39 is 5.60 Å². The van der Waals surface area contributed by atoms with Crippen molar-refractivity contribution in [3.05, 3.63) is 53.6 Å². The molecular formula is C30H40O3. The second-order valence-electron chi connectivity index (χ2n) is 12.4. The topological polar surface area (TPSA) is 46.5 Å². The second kappa shape index (κ2) is 7.83. The number of hydrogen-bond donors (Lipinski definition) is 1. The van der Waals surface area contributed by atoms with E-state index >= 15 is 0 Å². The number of esters is 1. The molecule has 4 aliphatic carbocycles. The van der Waals surface area contributed by atoms with Crippen LogP contribution in [0.15, 0.2) is 42.5 Å². The number of fused-ring (bicyclic) bond motifs is 3. The van der Waals surface area contributed by atoms with Crippen LogP contribution in [0.1, 0.15) is 82.8 Å². The summed E-state index contributed by atoms with van der Waals surface area (Å²) >= 11 is 0. The first-order valence-corrected chi connectivity index (χ1v) is 12.9. The third-order valence-corrected chi connectivity index (χ3v) is 10.3. The molecule has 5 rings (SSSR count). The Morgan fingerprint density at radius 1 is 1.18 bits per heavy atom. The molecule has 1 aromatic carbocycles. The number of carbonyl (C=O) groups is 1. The van der Waals surface area contributed by atoms with Gasteiger partial charge in [0.1, 0.15) is 0 Å². The zero-order valence-electron chi connectivity index (χ0n) is 20.7. The van der Waals surface area contributed by atoms with Crippen molar-refractivity contribution >= 4 is 12.0 Å². The summed E-state index contributed by atoms with van der Waals surface area (Å²) in [5, 5.41) is 11.1. The molecule has 1 aromatic rings. The van der Waals surface area contributed by atoms with Gasteiger partial charge in [0.25, 0.3) is 0 Å². The molecule has 178 valence electrons. The van der Waals surface area contributed by atoms with E-state index in [1.54, 1.807) is 6.08 Å². The van der Waals surface area contributed by atoms with Crippen LogP contribution >= 0.6 is 0 Å². The predicted octanol–water partition coefficient (Wildman–Crippen LogP) is 6.64. The van der Waals surface area contributed by atoms with Crippen molar-refractivity contribution in [2.45, 2.75) is 84.2 Å². The molecule has 0 aromatic heterocycles. The summed E-state index contributed by atoms with van der Waals surface area (Å²) in [6, 6.07) is 8.13. The molecule has 0 aliphatic heterocycles. The lowest BCUT2D eigenvalue weighted by Gasteiger charge is -2.64. The first-order chi connectivity index (χ1) is 15.6. The zero-order valence-corrected chi connectivity index (χ0v) is 20.7. The van der Waals surface area contributed by atoms with E-state index in [2.05, 4.69) is 39.5 Å². The Morgan fingerprint density at radius 3 is 2.76 bits per heavy atom. The van der Waals surface area contributed by atoms with Crippen LogP contribution in [0.4, 0.5) is 0 Å². The lowest BCUT2D eigenvalue weighted by atomic mass is 9.41. The van der Waals surface area contributed by atoms with Crippen LogP contribution in [0.5, 0.6) is 0 Å². The molecule has 1 N–H and O–H groups in total. The molecule has 4 saturated carbocycles. The quantitative estimate of drug-likeness (QED) is 0.319. The summed E-state index contributed by atoms with van der Waals surface area (Å²) in [6.07, 6.45) is 13.2. The average Bonchev–Trinajstić information content (AvgIpc) is 2.94. The maximum Gasteiger partial charge on any atom is 0.330 e. The van der Waals surface area contributed by atoms with Crippen LogP contribution < -0.4 is 0 Å². The molecular weight excluding hydrogens is 408 g/mol. The molecule has 6 atom stereocenters. The van der Waals surface area contributed by atoms with Gasteiger partial charge in [0.15, 0.2) is 0 Å². The average molecular weight is 449 g/mol. The van der Waals surface area contributed by atoms with Gasteiger partial charge in [-0.1, -0.05) is 56.7 Å². The van der Waals surface area contributed by atoms with Crippen molar-refractivity contribution in [1.82, 2.24) is 0 Å². The smallest absolute Gasteiger partial charge is 0.330 e. The van der Waals surface area contributed by atoms with E-state index in [1.165, 1.54) is 31.2 Å². The van der Waals surface area contributed by atoms with Crippen molar-refractivity contribution in [2.24, 2.45) is 28.1 Å². The normalized spacial score (nSPS) is 42.1. The molecule has 0 saturated heterocycles. The Balaban J connectivity index is 1.30. The van der Waals surface area contributed by atoms with Gasteiger partial charge in [0, 0.05) is 11.5 Å². The molecule has 1 spiro atoms. The maximum atomic E-state index is 12.6. The summed E-state index contributed by atoms with van der Waals surface area (Å²) in [6.45, 7) is 11.7. The van der Waals surface area contributed by atoms with Gasteiger partial charge in [-0.25, -0.2) is 4.79 Å². The highest BCUT2D eigenvalue weighted by Crippen LogP contribution is 2.72. The van der Waals surface area contributed by atoms with Gasteiger partial charge in [-0.2, -0.15) is 0 Å². The first-order valence-electron chi connectivity index (χ1n) is 12.9. The van der Waals surface area contributed by atoms with E-state index in [1.807, 2.05) is 18.2 Å². The summed E-state index contributed by atoms with van der Waals surface area (Å²) in [4.78, 5) is 12.6. The fourth-order valence-electron chi connectivity index (χ4n) is 8.88. The van der Waals surface area contributed by atoms with E-state index in [4.69, 9.17) is 4.74 Å². The zero-order chi connectivity index (χ0) is 23.5. The summed E-state index contributed by atoms with van der Waals surface area (Å²) < 4.78 is 5.88. The molecule has 0 unspecified atom stereocenters. The number of aryl methyl sites for hydroxylation is 1. The molecule has 4 aliphatic rings. The van der Waals surface area contributed by atoms with Crippen LogP contribution in [0, 0.1) is 35.0 Å². The van der Waals surface area contributed by atoms with Crippen LogP contribution in [-0.2, 0) is 9.53 Å². The molecule has 33 heavy (non-hydrogen) atoms. The molecule has 3 nitrogen and oxygen atoms in total. The van der Waals surface area contributed by atoms with E-state index in [9.17, 15) is 9.90 Å². The minimum absolute atomic E-state index is 0.0187. The van der Waals surface area contributed by atoms with Gasteiger partial charge in [-0.15, -0.1) is 0 Å². The van der Waals surface area contributed by atoms with E-state index in [-0.39, 0.29) is 22.2 Å². The molecule has 0 radical (unpaired) electrons. The van der Waals surface area contributed by atoms with Crippen molar-refractivity contribution in [2.75, 3.05) is 6.61 Å². The van der Waals surface area contributed by atoms with Crippen LogP contribution in [0.2, 0.25) is 0 Å². The third kappa shape index (κ3) is 3.71. The second-order valence-corrected chi connectivity index (χ2v) is 12.4. The Labute approximate surface area is 199 Å². The highest BCUT2D eigenvalue weighted by atomic mass is 16.5. The minimum atomic E-state index is -0.614. The molecule has 4 fully saturated rings. The van der Waals surface area contributed by atoms with Crippen LogP contribution in [-0.4, -0.2) is 23.3 Å². The van der Waals surface area contributed by atoms with E-state index in [0.717, 1.165) is 43.2 Å². The standard InChI is InChI=1S/C30H40O3/c1-21-7-5-8-23(17-21)9-10-26(31)33-20-27(3)13-6-14-28(4)24(27)11-15-29-18-22(2)30(32,19-29)16-12-25(28)29/h5,7-10,17,24-25,32H,2,6,11-16,18-20H2,1,3-4H3/b10-9+/t24-,25+,27-,28-,29-,30+/m0/s1. The lowest BCUT2D eigenvalue weighted by molar-refractivity contribution is -0.179. The highest BCUT2D eigenvalue weighted by Gasteiger charge is 2.66. The largest absolute Gasteiger partial charge is 0.462 e. The Morgan fingerprint density at radius 2 is 1.97 bits per heavy atom. The third-order valence-electron chi connectivity index (χ3n) is 10.3. The molecule has 0 amide bonds. The Bertz CT molecular complexity index is 994. The molecule has 2 bridgehead atoms. The van der Waals surface area contributed by atoms with Crippen LogP contribution in [0.25, 0.3) is 6.08 Å². The SMILES string of the molecule is C=C1C[C@]23CC[C@H]4[C@](C)(COC(=O)/C=C/c5cccc(C)c5)CCC[C@]4(C)[C@H]2CC[C@@]1(O)C3. The Hall–Kier alpha value is -1.87. The fourth-order valence-corrected chi connectivity index (χ4v) is 8.88. The Kier molecular flexibility index (Phi) is 5.44. The van der Waals surface area contributed by atoms with Crippen LogP contribution in [0.3, 0.4) is 0 Å². The number of aliphatic hydroxyl groups is 1. The summed E-state index contributed by atoms with van der Waals surface area (Å²) in [7, 11) is 0. The van der Waals surface area contributed by atoms with Gasteiger partial charge >= 0.3 is 5.97 Å². The fraction of sp³-hybridized carbons (Fsp3) is 0.633. The number of rotatable bonds is 4. The summed E-state index contributed by atoms with van der Waals surface area (Å²) in [5.74, 6) is 0.954. The van der Waals surface area contributed by atoms with E-state index in [0.29, 0.717) is 18.4 Å². The van der Waals surface area contributed by atoms with Crippen molar-refractivity contribution < 1.29 is 14.6 Å². The number of hydrogen-bond acceptors (Lipinski definition) is 3. The van der Waals surface area contributed by atoms with Crippen molar-refractivity contribution in [3.63, 3.8) is 0 Å². The van der Waals surface area contributed by atoms with Gasteiger partial charge in [0.2, 0.25) is 0 Å². The molecule has 3 heteroatoms.